The van der Waals surface area contributed by atoms with Crippen LogP contribution in [0.15, 0.2) is 11.6 Å². The highest BCUT2D eigenvalue weighted by Gasteiger charge is 2.42. The Morgan fingerprint density at radius 3 is 2.89 bits per heavy atom. The first kappa shape index (κ1) is 13.6. The zero-order chi connectivity index (χ0) is 13.3. The lowest BCUT2D eigenvalue weighted by atomic mass is 9.87. The van der Waals surface area contributed by atoms with Crippen LogP contribution in [0.4, 0.5) is 0 Å². The van der Waals surface area contributed by atoms with Crippen LogP contribution >= 0.6 is 0 Å². The Kier molecular flexibility index (Phi) is 4.10. The Balaban J connectivity index is 2.03. The predicted octanol–water partition coefficient (Wildman–Crippen LogP) is 2.68. The molecule has 0 amide bonds. The molecule has 2 aliphatic rings. The van der Waals surface area contributed by atoms with E-state index in [4.69, 9.17) is 4.74 Å². The summed E-state index contributed by atoms with van der Waals surface area (Å²) < 4.78 is 5.48. The average molecular weight is 252 g/mol. The summed E-state index contributed by atoms with van der Waals surface area (Å²) in [4.78, 5) is 11.6. The van der Waals surface area contributed by atoms with Gasteiger partial charge in [-0.15, -0.1) is 0 Å². The van der Waals surface area contributed by atoms with Crippen LogP contribution in [0.3, 0.4) is 0 Å². The lowest BCUT2D eigenvalue weighted by molar-refractivity contribution is -0.144. The van der Waals surface area contributed by atoms with Crippen molar-refractivity contribution in [1.82, 2.24) is 0 Å². The maximum Gasteiger partial charge on any atom is 0.309 e. The lowest BCUT2D eigenvalue weighted by Crippen LogP contribution is -2.19. The highest BCUT2D eigenvalue weighted by Crippen LogP contribution is 2.39. The summed E-state index contributed by atoms with van der Waals surface area (Å²) in [6, 6.07) is 0. The molecule has 2 unspecified atom stereocenters. The molecule has 18 heavy (non-hydrogen) atoms. The number of rotatable bonds is 3. The molecule has 0 bridgehead atoms. The molecule has 3 nitrogen and oxygen atoms in total. The number of carbonyl (C=O) groups is 1. The zero-order valence-electron chi connectivity index (χ0n) is 11.6. The third-order valence-electron chi connectivity index (χ3n) is 4.48. The van der Waals surface area contributed by atoms with E-state index >= 15 is 0 Å². The van der Waals surface area contributed by atoms with Gasteiger partial charge in [0.15, 0.2) is 0 Å². The Hall–Kier alpha value is -0.830. The van der Waals surface area contributed by atoms with E-state index in [0.717, 1.165) is 25.7 Å². The summed E-state index contributed by atoms with van der Waals surface area (Å²) in [7, 11) is 0. The van der Waals surface area contributed by atoms with Gasteiger partial charge < -0.3 is 9.84 Å². The maximum absolute atomic E-state index is 11.6. The maximum atomic E-state index is 11.6. The van der Waals surface area contributed by atoms with Crippen molar-refractivity contribution < 1.29 is 14.6 Å². The van der Waals surface area contributed by atoms with Crippen molar-refractivity contribution in [2.45, 2.75) is 58.7 Å². The van der Waals surface area contributed by atoms with E-state index in [9.17, 15) is 9.90 Å². The van der Waals surface area contributed by atoms with Gasteiger partial charge in [0, 0.05) is 5.92 Å². The first-order valence-electron chi connectivity index (χ1n) is 7.06. The molecule has 0 spiro atoms. The van der Waals surface area contributed by atoms with Crippen molar-refractivity contribution in [3.8, 4) is 0 Å². The van der Waals surface area contributed by atoms with Gasteiger partial charge in [-0.1, -0.05) is 25.5 Å². The fourth-order valence-corrected chi connectivity index (χ4v) is 3.13. The lowest BCUT2D eigenvalue weighted by Gasteiger charge is -2.19. The summed E-state index contributed by atoms with van der Waals surface area (Å²) in [6.45, 7) is 6.01. The van der Waals surface area contributed by atoms with E-state index in [1.165, 1.54) is 5.57 Å². The predicted molar refractivity (Wildman–Crippen MR) is 69.9 cm³/mol. The molecule has 2 rings (SSSR count). The molecule has 0 aromatic heterocycles. The summed E-state index contributed by atoms with van der Waals surface area (Å²) >= 11 is 0. The minimum atomic E-state index is -0.238. The Bertz CT molecular complexity index is 346. The monoisotopic (exact) mass is 252 g/mol. The summed E-state index contributed by atoms with van der Waals surface area (Å²) in [6.07, 6.45) is 5.81. The normalized spacial score (nSPS) is 37.6. The molecule has 1 N–H and O–H groups in total. The highest BCUT2D eigenvalue weighted by atomic mass is 16.6. The fourth-order valence-electron chi connectivity index (χ4n) is 3.13. The number of allylic oxidation sites excluding steroid dienone is 2. The van der Waals surface area contributed by atoms with E-state index in [1.54, 1.807) is 0 Å². The standard InChI is InChI=1S/C15H24O3/c1-9-8-14-13(11(3)15(17)18-14)7-6-12(9)5-4-10(2)16/h6,9-11,13-14,16H,4-5,7-8H2,1-3H3/t9-,10?,11?,13+,14-/m0/s1. The van der Waals surface area contributed by atoms with Crippen LogP contribution in [0.25, 0.3) is 0 Å². The molecule has 0 saturated carbocycles. The van der Waals surface area contributed by atoms with E-state index < -0.39 is 0 Å². The molecule has 0 radical (unpaired) electrons. The fraction of sp³-hybridized carbons (Fsp3) is 0.800. The van der Waals surface area contributed by atoms with E-state index in [1.807, 2.05) is 13.8 Å². The van der Waals surface area contributed by atoms with Crippen LogP contribution in [0, 0.1) is 17.8 Å². The minimum absolute atomic E-state index is 0.0296. The second kappa shape index (κ2) is 5.43. The third-order valence-corrected chi connectivity index (χ3v) is 4.48. The number of hydrogen-bond acceptors (Lipinski definition) is 3. The van der Waals surface area contributed by atoms with Crippen LogP contribution in [0.5, 0.6) is 0 Å². The largest absolute Gasteiger partial charge is 0.462 e. The Morgan fingerprint density at radius 1 is 1.50 bits per heavy atom. The highest BCUT2D eigenvalue weighted by molar-refractivity contribution is 5.74. The molecule has 1 aliphatic heterocycles. The second-order valence-corrected chi connectivity index (χ2v) is 5.97. The number of ether oxygens (including phenoxy) is 1. The topological polar surface area (TPSA) is 46.5 Å². The second-order valence-electron chi connectivity index (χ2n) is 5.97. The number of aliphatic hydroxyl groups is 1. The van der Waals surface area contributed by atoms with Crippen molar-refractivity contribution in [2.75, 3.05) is 0 Å². The molecule has 1 saturated heterocycles. The molecular weight excluding hydrogens is 228 g/mol. The van der Waals surface area contributed by atoms with Gasteiger partial charge in [-0.05, 0) is 38.5 Å². The van der Waals surface area contributed by atoms with Gasteiger partial charge in [0.05, 0.1) is 12.0 Å². The Morgan fingerprint density at radius 2 is 2.22 bits per heavy atom. The summed E-state index contributed by atoms with van der Waals surface area (Å²) in [5, 5.41) is 9.38. The summed E-state index contributed by atoms with van der Waals surface area (Å²) in [5.41, 5.74) is 1.42. The number of hydrogen-bond donors (Lipinski definition) is 1. The first-order valence-corrected chi connectivity index (χ1v) is 7.06. The van der Waals surface area contributed by atoms with Crippen LogP contribution in [-0.2, 0) is 9.53 Å². The SMILES string of the molecule is CC(O)CCC1=CC[C@@H]2C(C)C(=O)O[C@H]2C[C@@H]1C. The van der Waals surface area contributed by atoms with Gasteiger partial charge in [0.1, 0.15) is 6.10 Å². The van der Waals surface area contributed by atoms with Gasteiger partial charge in [0.2, 0.25) is 0 Å². The number of esters is 1. The van der Waals surface area contributed by atoms with Gasteiger partial charge in [-0.25, -0.2) is 0 Å². The molecular formula is C15H24O3. The van der Waals surface area contributed by atoms with Crippen LogP contribution in [0.1, 0.15) is 46.5 Å². The molecule has 5 atom stereocenters. The van der Waals surface area contributed by atoms with Crippen molar-refractivity contribution in [2.24, 2.45) is 17.8 Å². The molecule has 1 aliphatic carbocycles. The van der Waals surface area contributed by atoms with Gasteiger partial charge in [-0.3, -0.25) is 4.79 Å². The number of aliphatic hydroxyl groups excluding tert-OH is 1. The van der Waals surface area contributed by atoms with Crippen molar-refractivity contribution in [1.29, 1.82) is 0 Å². The van der Waals surface area contributed by atoms with Crippen LogP contribution in [-0.4, -0.2) is 23.3 Å². The first-order chi connectivity index (χ1) is 8.49. The molecule has 0 aromatic carbocycles. The molecule has 102 valence electrons. The third kappa shape index (κ3) is 2.77. The van der Waals surface area contributed by atoms with E-state index in [-0.39, 0.29) is 24.1 Å². The summed E-state index contributed by atoms with van der Waals surface area (Å²) in [5.74, 6) is 0.813. The quantitative estimate of drug-likeness (QED) is 0.620. The zero-order valence-corrected chi connectivity index (χ0v) is 11.6. The van der Waals surface area contributed by atoms with Crippen molar-refractivity contribution in [3.63, 3.8) is 0 Å². The van der Waals surface area contributed by atoms with Gasteiger partial charge in [0.25, 0.3) is 0 Å². The van der Waals surface area contributed by atoms with Gasteiger partial charge in [-0.2, -0.15) is 0 Å². The molecule has 1 heterocycles. The van der Waals surface area contributed by atoms with Crippen LogP contribution in [0.2, 0.25) is 0 Å². The van der Waals surface area contributed by atoms with Crippen LogP contribution < -0.4 is 0 Å². The number of carbonyl (C=O) groups excluding carboxylic acids is 1. The van der Waals surface area contributed by atoms with E-state index in [0.29, 0.717) is 11.8 Å². The molecule has 1 fully saturated rings. The van der Waals surface area contributed by atoms with Gasteiger partial charge >= 0.3 is 5.97 Å². The minimum Gasteiger partial charge on any atom is -0.462 e. The van der Waals surface area contributed by atoms with Crippen molar-refractivity contribution in [3.05, 3.63) is 11.6 Å². The van der Waals surface area contributed by atoms with Crippen molar-refractivity contribution >= 4 is 5.97 Å². The molecule has 0 aromatic rings. The number of fused-ring (bicyclic) bond motifs is 1. The molecule has 3 heteroatoms. The van der Waals surface area contributed by atoms with E-state index in [2.05, 4.69) is 13.0 Å². The average Bonchev–Trinajstić information content (AvgIpc) is 2.46. The Labute approximate surface area is 109 Å². The smallest absolute Gasteiger partial charge is 0.309 e.